The monoisotopic (exact) mass is 264 g/mol. The third kappa shape index (κ3) is 3.78. The van der Waals surface area contributed by atoms with Crippen LogP contribution in [0.1, 0.15) is 18.4 Å². The van der Waals surface area contributed by atoms with E-state index in [-0.39, 0.29) is 0 Å². The first-order chi connectivity index (χ1) is 7.19. The lowest BCUT2D eigenvalue weighted by Gasteiger charge is -2.08. The molecule has 0 aliphatic heterocycles. The van der Waals surface area contributed by atoms with Crippen LogP contribution in [-0.2, 0) is 6.42 Å². The van der Waals surface area contributed by atoms with E-state index >= 15 is 0 Å². The van der Waals surface area contributed by atoms with Crippen molar-refractivity contribution in [1.82, 2.24) is 0 Å². The highest BCUT2D eigenvalue weighted by atomic mass is 35.5. The summed E-state index contributed by atoms with van der Waals surface area (Å²) >= 11 is 16.3. The summed E-state index contributed by atoms with van der Waals surface area (Å²) < 4.78 is 5.08. The highest BCUT2D eigenvalue weighted by Gasteiger charge is 2.07. The maximum Gasteiger partial charge on any atom is 0.138 e. The summed E-state index contributed by atoms with van der Waals surface area (Å²) in [6.07, 6.45) is 3.10. The minimum absolute atomic E-state index is 0.614. The number of benzene rings is 1. The zero-order chi connectivity index (χ0) is 11.3. The van der Waals surface area contributed by atoms with Crippen LogP contribution in [-0.4, -0.2) is 12.9 Å². The number of halogens is 2. The topological polar surface area (TPSA) is 9.23 Å². The van der Waals surface area contributed by atoms with Gasteiger partial charge in [-0.1, -0.05) is 23.2 Å². The normalized spacial score (nSPS) is 10.4. The highest BCUT2D eigenvalue weighted by molar-refractivity contribution is 7.80. The van der Waals surface area contributed by atoms with Crippen molar-refractivity contribution >= 4 is 35.8 Å². The Balaban J connectivity index is 2.76. The minimum atomic E-state index is 0.614. The number of thiol groups is 1. The lowest BCUT2D eigenvalue weighted by Crippen LogP contribution is -1.91. The van der Waals surface area contributed by atoms with Gasteiger partial charge in [-0.2, -0.15) is 12.6 Å². The third-order valence-electron chi connectivity index (χ3n) is 2.18. The smallest absolute Gasteiger partial charge is 0.138 e. The number of aryl methyl sites for hydroxylation is 1. The zero-order valence-corrected chi connectivity index (χ0v) is 11.0. The molecular weight excluding hydrogens is 251 g/mol. The van der Waals surface area contributed by atoms with E-state index in [9.17, 15) is 0 Å². The van der Waals surface area contributed by atoms with Crippen LogP contribution in [0.4, 0.5) is 0 Å². The number of unbranched alkanes of at least 4 members (excludes halogenated alkanes) is 1. The molecular formula is C11H14Cl2OS. The lowest BCUT2D eigenvalue weighted by molar-refractivity contribution is 0.415. The van der Waals surface area contributed by atoms with Gasteiger partial charge in [0.15, 0.2) is 0 Å². The summed E-state index contributed by atoms with van der Waals surface area (Å²) in [4.78, 5) is 0. The van der Waals surface area contributed by atoms with E-state index in [0.717, 1.165) is 35.6 Å². The third-order valence-corrected chi connectivity index (χ3v) is 3.14. The van der Waals surface area contributed by atoms with Crippen LogP contribution >= 0.6 is 35.8 Å². The van der Waals surface area contributed by atoms with Gasteiger partial charge < -0.3 is 4.74 Å². The van der Waals surface area contributed by atoms with Gasteiger partial charge in [-0.25, -0.2) is 0 Å². The summed E-state index contributed by atoms with van der Waals surface area (Å²) in [6.45, 7) is 0. The van der Waals surface area contributed by atoms with Gasteiger partial charge in [-0.15, -0.1) is 0 Å². The van der Waals surface area contributed by atoms with Crippen molar-refractivity contribution in [3.05, 3.63) is 27.7 Å². The van der Waals surface area contributed by atoms with E-state index in [1.165, 1.54) is 0 Å². The average molecular weight is 265 g/mol. The van der Waals surface area contributed by atoms with Crippen molar-refractivity contribution in [1.29, 1.82) is 0 Å². The summed E-state index contributed by atoms with van der Waals surface area (Å²) in [5, 5.41) is 1.33. The highest BCUT2D eigenvalue weighted by Crippen LogP contribution is 2.31. The molecule has 0 saturated heterocycles. The maximum absolute atomic E-state index is 6.10. The molecule has 84 valence electrons. The Kier molecular flexibility index (Phi) is 5.65. The summed E-state index contributed by atoms with van der Waals surface area (Å²) in [7, 11) is 1.58. The molecule has 0 radical (unpaired) electrons. The molecule has 1 aromatic carbocycles. The Morgan fingerprint density at radius 1 is 1.20 bits per heavy atom. The van der Waals surface area contributed by atoms with Gasteiger partial charge in [-0.05, 0) is 36.6 Å². The second-order valence-electron chi connectivity index (χ2n) is 3.26. The second kappa shape index (κ2) is 6.51. The van der Waals surface area contributed by atoms with Crippen LogP contribution in [0.15, 0.2) is 12.1 Å². The maximum atomic E-state index is 6.10. The van der Waals surface area contributed by atoms with Crippen LogP contribution in [0.5, 0.6) is 5.75 Å². The van der Waals surface area contributed by atoms with Gasteiger partial charge in [0.2, 0.25) is 0 Å². The first-order valence-corrected chi connectivity index (χ1v) is 6.20. The minimum Gasteiger partial charge on any atom is -0.495 e. The van der Waals surface area contributed by atoms with E-state index in [2.05, 4.69) is 12.6 Å². The molecule has 1 rings (SSSR count). The van der Waals surface area contributed by atoms with E-state index in [4.69, 9.17) is 27.9 Å². The standard InChI is InChI=1S/C11H14Cl2OS/c1-14-11-7-9(12)8(6-10(11)13)4-2-3-5-15/h6-7,15H,2-5H2,1H3. The fraction of sp³-hybridized carbons (Fsp3) is 0.455. The quantitative estimate of drug-likeness (QED) is 0.618. The molecule has 0 saturated carbocycles. The van der Waals surface area contributed by atoms with Crippen molar-refractivity contribution in [3.63, 3.8) is 0 Å². The Hall–Kier alpha value is -0.0500. The summed E-state index contributed by atoms with van der Waals surface area (Å²) in [6, 6.07) is 3.64. The first kappa shape index (κ1) is 13.0. The molecule has 0 unspecified atom stereocenters. The van der Waals surface area contributed by atoms with Gasteiger partial charge in [0.1, 0.15) is 5.75 Å². The lowest BCUT2D eigenvalue weighted by atomic mass is 10.1. The van der Waals surface area contributed by atoms with Crippen molar-refractivity contribution in [2.24, 2.45) is 0 Å². The molecule has 0 aromatic heterocycles. The fourth-order valence-electron chi connectivity index (χ4n) is 1.35. The van der Waals surface area contributed by atoms with Crippen molar-refractivity contribution in [3.8, 4) is 5.75 Å². The number of hydrogen-bond acceptors (Lipinski definition) is 2. The molecule has 4 heteroatoms. The summed E-state index contributed by atoms with van der Waals surface area (Å²) in [5.41, 5.74) is 1.07. The molecule has 0 N–H and O–H groups in total. The number of hydrogen-bond donors (Lipinski definition) is 1. The Labute approximate surface area is 106 Å². The predicted molar refractivity (Wildman–Crippen MR) is 69.8 cm³/mol. The van der Waals surface area contributed by atoms with Gasteiger partial charge in [-0.3, -0.25) is 0 Å². The fourth-order valence-corrected chi connectivity index (χ4v) is 2.08. The molecule has 1 aromatic rings. The van der Waals surface area contributed by atoms with Gasteiger partial charge in [0.25, 0.3) is 0 Å². The molecule has 0 aliphatic rings. The van der Waals surface area contributed by atoms with E-state index in [1.807, 2.05) is 6.07 Å². The molecule has 0 spiro atoms. The molecule has 0 aliphatic carbocycles. The van der Waals surface area contributed by atoms with Gasteiger partial charge in [0.05, 0.1) is 12.1 Å². The van der Waals surface area contributed by atoms with Gasteiger partial charge in [0, 0.05) is 11.1 Å². The van der Waals surface area contributed by atoms with Crippen LogP contribution in [0.25, 0.3) is 0 Å². The number of ether oxygens (including phenoxy) is 1. The largest absolute Gasteiger partial charge is 0.495 e. The average Bonchev–Trinajstić information content (AvgIpc) is 2.23. The Morgan fingerprint density at radius 3 is 2.53 bits per heavy atom. The SMILES string of the molecule is COc1cc(Cl)c(CCCCS)cc1Cl. The summed E-state index contributed by atoms with van der Waals surface area (Å²) in [5.74, 6) is 1.53. The van der Waals surface area contributed by atoms with Crippen molar-refractivity contribution < 1.29 is 4.74 Å². The molecule has 0 heterocycles. The van der Waals surface area contributed by atoms with Crippen LogP contribution in [0.3, 0.4) is 0 Å². The molecule has 0 fully saturated rings. The molecule has 1 nitrogen and oxygen atoms in total. The van der Waals surface area contributed by atoms with E-state index in [1.54, 1.807) is 13.2 Å². The molecule has 0 atom stereocenters. The predicted octanol–water partition coefficient (Wildman–Crippen LogP) is 4.25. The number of rotatable bonds is 5. The first-order valence-electron chi connectivity index (χ1n) is 4.81. The van der Waals surface area contributed by atoms with Crippen LogP contribution in [0, 0.1) is 0 Å². The molecule has 0 bridgehead atoms. The second-order valence-corrected chi connectivity index (χ2v) is 4.52. The Morgan fingerprint density at radius 2 is 1.93 bits per heavy atom. The van der Waals surface area contributed by atoms with E-state index < -0.39 is 0 Å². The Bertz CT molecular complexity index is 329. The van der Waals surface area contributed by atoms with Crippen LogP contribution < -0.4 is 4.74 Å². The van der Waals surface area contributed by atoms with Crippen molar-refractivity contribution in [2.45, 2.75) is 19.3 Å². The number of methoxy groups -OCH3 is 1. The van der Waals surface area contributed by atoms with Gasteiger partial charge >= 0.3 is 0 Å². The molecule has 0 amide bonds. The van der Waals surface area contributed by atoms with Crippen molar-refractivity contribution in [2.75, 3.05) is 12.9 Å². The molecule has 15 heavy (non-hydrogen) atoms. The van der Waals surface area contributed by atoms with Crippen LogP contribution in [0.2, 0.25) is 10.0 Å². The van der Waals surface area contributed by atoms with E-state index in [0.29, 0.717) is 10.8 Å². The zero-order valence-electron chi connectivity index (χ0n) is 8.59.